The fourth-order valence-corrected chi connectivity index (χ4v) is 5.05. The average Bonchev–Trinajstić information content (AvgIpc) is 2.88. The number of carbonyl (C=O) groups excluding carboxylic acids is 2. The molecule has 2 aliphatic rings. The van der Waals surface area contributed by atoms with Crippen molar-refractivity contribution in [2.24, 2.45) is 5.92 Å². The predicted octanol–water partition coefficient (Wildman–Crippen LogP) is 4.06. The number of hydrogen-bond donors (Lipinski definition) is 0. The highest BCUT2D eigenvalue weighted by molar-refractivity contribution is 5.91. The molecule has 2 aliphatic heterocycles. The fraction of sp³-hybridized carbons (Fsp3) is 0.429. The van der Waals surface area contributed by atoms with Gasteiger partial charge >= 0.3 is 0 Å². The molecule has 2 heterocycles. The average molecular weight is 446 g/mol. The highest BCUT2D eigenvalue weighted by Gasteiger charge is 2.32. The number of piperidine rings is 2. The van der Waals surface area contributed by atoms with Crippen molar-refractivity contribution in [3.05, 3.63) is 77.9 Å². The van der Waals surface area contributed by atoms with Gasteiger partial charge in [-0.15, -0.1) is 0 Å². The van der Waals surface area contributed by atoms with Crippen molar-refractivity contribution in [3.8, 4) is 0 Å². The summed E-state index contributed by atoms with van der Waals surface area (Å²) in [7, 11) is 1.92. The summed E-state index contributed by atoms with van der Waals surface area (Å²) in [5.74, 6) is 0.493. The summed E-state index contributed by atoms with van der Waals surface area (Å²) in [4.78, 5) is 31.9. The summed E-state index contributed by atoms with van der Waals surface area (Å²) in [5.41, 5.74) is 2.22. The van der Waals surface area contributed by atoms with Gasteiger partial charge in [0, 0.05) is 44.7 Å². The maximum absolute atomic E-state index is 12.9. The lowest BCUT2D eigenvalue weighted by atomic mass is 9.92. The van der Waals surface area contributed by atoms with Crippen molar-refractivity contribution in [3.63, 3.8) is 0 Å². The van der Waals surface area contributed by atoms with Crippen LogP contribution in [0.4, 0.5) is 0 Å². The number of benzene rings is 2. The van der Waals surface area contributed by atoms with Gasteiger partial charge in [-0.1, -0.05) is 60.7 Å². The van der Waals surface area contributed by atoms with Crippen molar-refractivity contribution >= 4 is 17.9 Å². The van der Waals surface area contributed by atoms with Gasteiger partial charge in [-0.05, 0) is 56.0 Å². The summed E-state index contributed by atoms with van der Waals surface area (Å²) < 4.78 is 0. The van der Waals surface area contributed by atoms with Crippen LogP contribution < -0.4 is 0 Å². The Kier molecular flexibility index (Phi) is 7.95. The Morgan fingerprint density at radius 1 is 0.879 bits per heavy atom. The number of likely N-dealkylation sites (tertiary alicyclic amines) is 2. The minimum absolute atomic E-state index is 0.100. The first kappa shape index (κ1) is 23.2. The van der Waals surface area contributed by atoms with Gasteiger partial charge in [-0.3, -0.25) is 9.59 Å². The van der Waals surface area contributed by atoms with E-state index in [1.165, 1.54) is 5.56 Å². The third-order valence-electron chi connectivity index (χ3n) is 7.03. The zero-order chi connectivity index (χ0) is 23.0. The molecule has 4 rings (SSSR count). The van der Waals surface area contributed by atoms with E-state index in [1.807, 2.05) is 71.5 Å². The molecule has 0 aliphatic carbocycles. The first-order valence-corrected chi connectivity index (χ1v) is 12.1. The summed E-state index contributed by atoms with van der Waals surface area (Å²) in [6.45, 7) is 4.23. The summed E-state index contributed by atoms with van der Waals surface area (Å²) in [6.07, 6.45) is 7.46. The van der Waals surface area contributed by atoms with Crippen molar-refractivity contribution in [2.75, 3.05) is 33.2 Å². The van der Waals surface area contributed by atoms with Gasteiger partial charge < -0.3 is 14.7 Å². The Bertz CT molecular complexity index is 928. The van der Waals surface area contributed by atoms with E-state index < -0.39 is 0 Å². The minimum atomic E-state index is 0.100. The normalized spacial score (nSPS) is 18.5. The largest absolute Gasteiger partial charge is 0.341 e. The maximum atomic E-state index is 12.9. The lowest BCUT2D eigenvalue weighted by molar-refractivity contribution is -0.137. The van der Waals surface area contributed by atoms with Crippen LogP contribution in [0.2, 0.25) is 0 Å². The number of carbonyl (C=O) groups is 2. The molecule has 0 radical (unpaired) electrons. The molecule has 2 aromatic carbocycles. The second-order valence-electron chi connectivity index (χ2n) is 9.29. The van der Waals surface area contributed by atoms with Crippen LogP contribution in [-0.2, 0) is 16.1 Å². The van der Waals surface area contributed by atoms with E-state index in [1.54, 1.807) is 6.08 Å². The molecule has 0 spiro atoms. The van der Waals surface area contributed by atoms with Crippen LogP contribution in [0.25, 0.3) is 6.08 Å². The number of hydrogen-bond acceptors (Lipinski definition) is 3. The molecule has 0 aromatic heterocycles. The van der Waals surface area contributed by atoms with E-state index >= 15 is 0 Å². The van der Waals surface area contributed by atoms with E-state index in [9.17, 15) is 9.59 Å². The Morgan fingerprint density at radius 2 is 1.48 bits per heavy atom. The second kappa shape index (κ2) is 11.3. The molecule has 2 aromatic rings. The number of amides is 2. The first-order chi connectivity index (χ1) is 16.1. The van der Waals surface area contributed by atoms with Gasteiger partial charge in [-0.2, -0.15) is 0 Å². The van der Waals surface area contributed by atoms with Crippen LogP contribution in [-0.4, -0.2) is 65.8 Å². The van der Waals surface area contributed by atoms with Crippen LogP contribution >= 0.6 is 0 Å². The lowest BCUT2D eigenvalue weighted by Gasteiger charge is -2.41. The topological polar surface area (TPSA) is 43.9 Å². The lowest BCUT2D eigenvalue weighted by Crippen LogP contribution is -2.50. The van der Waals surface area contributed by atoms with Crippen molar-refractivity contribution in [1.82, 2.24) is 14.7 Å². The quantitative estimate of drug-likeness (QED) is 0.630. The Hall–Kier alpha value is -2.92. The standard InChI is InChI=1S/C28H35N3O2/c1-29(22-24-10-6-3-7-11-24)28(33)25-14-18-30(19-15-25)26-16-20-31(21-17-26)27(32)13-12-23-8-4-2-5-9-23/h2-13,25-26H,14-22H2,1H3. The molecule has 0 saturated carbocycles. The van der Waals surface area contributed by atoms with Gasteiger partial charge in [0.05, 0.1) is 0 Å². The molecular weight excluding hydrogens is 410 g/mol. The van der Waals surface area contributed by atoms with Crippen molar-refractivity contribution in [1.29, 1.82) is 0 Å². The molecule has 2 fully saturated rings. The van der Waals surface area contributed by atoms with Gasteiger partial charge in [0.2, 0.25) is 11.8 Å². The number of nitrogens with zero attached hydrogens (tertiary/aromatic N) is 3. The summed E-state index contributed by atoms with van der Waals surface area (Å²) in [5, 5.41) is 0. The van der Waals surface area contributed by atoms with Crippen LogP contribution in [0, 0.1) is 5.92 Å². The molecule has 0 N–H and O–H groups in total. The molecule has 5 nitrogen and oxygen atoms in total. The maximum Gasteiger partial charge on any atom is 0.246 e. The zero-order valence-electron chi connectivity index (χ0n) is 19.6. The summed E-state index contributed by atoms with van der Waals surface area (Å²) in [6, 6.07) is 20.6. The smallest absolute Gasteiger partial charge is 0.246 e. The van der Waals surface area contributed by atoms with E-state index in [0.717, 1.165) is 57.4 Å². The van der Waals surface area contributed by atoms with Crippen LogP contribution in [0.15, 0.2) is 66.7 Å². The fourth-order valence-electron chi connectivity index (χ4n) is 5.05. The third kappa shape index (κ3) is 6.32. The van der Waals surface area contributed by atoms with Gasteiger partial charge in [-0.25, -0.2) is 0 Å². The molecule has 2 amide bonds. The van der Waals surface area contributed by atoms with Crippen molar-refractivity contribution < 1.29 is 9.59 Å². The Labute approximate surface area is 197 Å². The van der Waals surface area contributed by atoms with Gasteiger partial charge in [0.1, 0.15) is 0 Å². The highest BCUT2D eigenvalue weighted by atomic mass is 16.2. The first-order valence-electron chi connectivity index (χ1n) is 12.1. The Morgan fingerprint density at radius 3 is 2.12 bits per heavy atom. The Balaban J connectivity index is 1.19. The van der Waals surface area contributed by atoms with Gasteiger partial charge in [0.15, 0.2) is 0 Å². The predicted molar refractivity (Wildman–Crippen MR) is 132 cm³/mol. The van der Waals surface area contributed by atoms with Gasteiger partial charge in [0.25, 0.3) is 0 Å². The molecule has 0 unspecified atom stereocenters. The molecule has 5 heteroatoms. The van der Waals surface area contributed by atoms with Crippen molar-refractivity contribution in [2.45, 2.75) is 38.3 Å². The molecular formula is C28H35N3O2. The minimum Gasteiger partial charge on any atom is -0.341 e. The van der Waals surface area contributed by atoms with E-state index in [2.05, 4.69) is 17.0 Å². The van der Waals surface area contributed by atoms with E-state index in [0.29, 0.717) is 12.6 Å². The van der Waals surface area contributed by atoms with Crippen LogP contribution in [0.3, 0.4) is 0 Å². The number of rotatable bonds is 6. The van der Waals surface area contributed by atoms with Crippen LogP contribution in [0.1, 0.15) is 36.8 Å². The molecule has 33 heavy (non-hydrogen) atoms. The third-order valence-corrected chi connectivity index (χ3v) is 7.03. The van der Waals surface area contributed by atoms with Crippen LogP contribution in [0.5, 0.6) is 0 Å². The molecule has 0 atom stereocenters. The molecule has 0 bridgehead atoms. The molecule has 174 valence electrons. The highest BCUT2D eigenvalue weighted by Crippen LogP contribution is 2.25. The molecule has 2 saturated heterocycles. The zero-order valence-corrected chi connectivity index (χ0v) is 19.6. The monoisotopic (exact) mass is 445 g/mol. The second-order valence-corrected chi connectivity index (χ2v) is 9.29. The van der Waals surface area contributed by atoms with E-state index in [4.69, 9.17) is 0 Å². The van der Waals surface area contributed by atoms with E-state index in [-0.39, 0.29) is 17.7 Å². The summed E-state index contributed by atoms with van der Waals surface area (Å²) >= 11 is 0. The SMILES string of the molecule is CN(Cc1ccccc1)C(=O)C1CCN(C2CCN(C(=O)C=Cc3ccccc3)CC2)CC1.